The van der Waals surface area contributed by atoms with E-state index >= 15 is 0 Å². The van der Waals surface area contributed by atoms with Gasteiger partial charge in [0.2, 0.25) is 11.2 Å². The van der Waals surface area contributed by atoms with Crippen molar-refractivity contribution in [2.45, 2.75) is 4.90 Å². The summed E-state index contributed by atoms with van der Waals surface area (Å²) < 4.78 is 38.8. The highest BCUT2D eigenvalue weighted by molar-refractivity contribution is 7.90. The summed E-state index contributed by atoms with van der Waals surface area (Å²) in [7, 11) is -3.44. The van der Waals surface area contributed by atoms with Crippen LogP contribution in [0.3, 0.4) is 0 Å². The molecule has 1 N–H and O–H groups in total. The lowest BCUT2D eigenvalue weighted by atomic mass is 10.1. The van der Waals surface area contributed by atoms with E-state index < -0.39 is 27.4 Å². The first kappa shape index (κ1) is 20.4. The fraction of sp³-hybridized carbons (Fsp3) is 0.0526. The van der Waals surface area contributed by atoms with Crippen molar-refractivity contribution in [3.63, 3.8) is 0 Å². The van der Waals surface area contributed by atoms with E-state index in [-0.39, 0.29) is 27.7 Å². The third-order valence-corrected chi connectivity index (χ3v) is 5.03. The first-order valence-electron chi connectivity index (χ1n) is 7.96. The number of hydrogen-bond donors (Lipinski definition) is 1. The van der Waals surface area contributed by atoms with Gasteiger partial charge in [0.15, 0.2) is 15.6 Å². The average molecular weight is 437 g/mol. The minimum atomic E-state index is -3.44. The zero-order chi connectivity index (χ0) is 21.2. The largest absolute Gasteiger partial charge is 0.513 e. The van der Waals surface area contributed by atoms with Crippen LogP contribution >= 0.6 is 11.6 Å². The Hall–Kier alpha value is -3.30. The Morgan fingerprint density at radius 3 is 2.24 bits per heavy atom. The van der Waals surface area contributed by atoms with Gasteiger partial charge in [0.05, 0.1) is 11.0 Å². The molecule has 0 unspecified atom stereocenters. The van der Waals surface area contributed by atoms with Crippen LogP contribution in [0.1, 0.15) is 0 Å². The molecule has 3 rings (SSSR count). The van der Waals surface area contributed by atoms with Gasteiger partial charge in [-0.3, -0.25) is 4.79 Å². The number of benzene rings is 2. The van der Waals surface area contributed by atoms with Crippen LogP contribution in [0.5, 0.6) is 17.4 Å². The monoisotopic (exact) mass is 436 g/mol. The normalized spacial score (nSPS) is 11.1. The van der Waals surface area contributed by atoms with Gasteiger partial charge in [0.1, 0.15) is 5.75 Å². The first-order valence-corrected chi connectivity index (χ1v) is 10.2. The smallest absolute Gasteiger partial charge is 0.449 e. The molecule has 0 spiro atoms. The summed E-state index contributed by atoms with van der Waals surface area (Å²) in [5.41, 5.74) is -0.432. The second-order valence-electron chi connectivity index (χ2n) is 5.81. The quantitative estimate of drug-likeness (QED) is 0.590. The minimum Gasteiger partial charge on any atom is -0.449 e. The van der Waals surface area contributed by atoms with Crippen molar-refractivity contribution in [2.75, 3.05) is 6.26 Å². The predicted molar refractivity (Wildman–Crippen MR) is 104 cm³/mol. The molecule has 8 nitrogen and oxygen atoms in total. The predicted octanol–water partition coefficient (Wildman–Crippen LogP) is 4.21. The summed E-state index contributed by atoms with van der Waals surface area (Å²) in [4.78, 5) is 23.4. The molecule has 0 saturated heterocycles. The average Bonchev–Trinajstić information content (AvgIpc) is 2.64. The van der Waals surface area contributed by atoms with Crippen LogP contribution in [0.2, 0.25) is 5.02 Å². The van der Waals surface area contributed by atoms with Crippen LogP contribution < -0.4 is 14.9 Å². The maximum Gasteiger partial charge on any atom is 0.513 e. The Labute approximate surface area is 169 Å². The molecule has 150 valence electrons. The Morgan fingerprint density at radius 1 is 1.07 bits per heavy atom. The van der Waals surface area contributed by atoms with Crippen LogP contribution in [0.25, 0.3) is 11.3 Å². The maximum atomic E-state index is 12.5. The van der Waals surface area contributed by atoms with Gasteiger partial charge in [-0.25, -0.2) is 13.2 Å². The third-order valence-electron chi connectivity index (χ3n) is 3.65. The highest BCUT2D eigenvalue weighted by Gasteiger charge is 2.19. The minimum absolute atomic E-state index is 0.0571. The van der Waals surface area contributed by atoms with Gasteiger partial charge in [0.25, 0.3) is 5.95 Å². The van der Waals surface area contributed by atoms with E-state index in [0.717, 1.165) is 12.3 Å². The molecule has 1 aromatic heterocycles. The molecule has 0 amide bonds. The second-order valence-corrected chi connectivity index (χ2v) is 8.26. The molecule has 0 atom stereocenters. The van der Waals surface area contributed by atoms with E-state index in [9.17, 15) is 18.0 Å². The SMILES string of the molecule is CS(=O)(=O)c1ccc(-c2oc(OC(=O)O)cc(=O)c2Oc2ccc(Cl)cc2)cc1. The number of carboxylic acid groups (broad SMARTS) is 1. The molecular weight excluding hydrogens is 424 g/mol. The van der Waals surface area contributed by atoms with E-state index in [1.165, 1.54) is 36.4 Å². The molecule has 0 bridgehead atoms. The topological polar surface area (TPSA) is 120 Å². The molecule has 2 aromatic carbocycles. The van der Waals surface area contributed by atoms with E-state index in [1.54, 1.807) is 12.1 Å². The lowest BCUT2D eigenvalue weighted by molar-refractivity contribution is 0.132. The summed E-state index contributed by atoms with van der Waals surface area (Å²) >= 11 is 5.84. The summed E-state index contributed by atoms with van der Waals surface area (Å²) in [6, 6.07) is 12.4. The number of halogens is 1. The summed E-state index contributed by atoms with van der Waals surface area (Å²) in [6.07, 6.45) is -0.615. The Kier molecular flexibility index (Phi) is 5.62. The van der Waals surface area contributed by atoms with Gasteiger partial charge >= 0.3 is 6.16 Å². The molecule has 0 aliphatic heterocycles. The van der Waals surface area contributed by atoms with Crippen LogP contribution in [-0.4, -0.2) is 25.9 Å². The lowest BCUT2D eigenvalue weighted by Crippen LogP contribution is -2.10. The highest BCUT2D eigenvalue weighted by Crippen LogP contribution is 2.34. The van der Waals surface area contributed by atoms with Crippen molar-refractivity contribution in [3.8, 4) is 28.8 Å². The van der Waals surface area contributed by atoms with Crippen molar-refractivity contribution in [2.24, 2.45) is 0 Å². The van der Waals surface area contributed by atoms with Crippen LogP contribution in [0.15, 0.2) is 68.7 Å². The van der Waals surface area contributed by atoms with Gasteiger partial charge in [0, 0.05) is 16.8 Å². The highest BCUT2D eigenvalue weighted by atomic mass is 35.5. The molecule has 3 aromatic rings. The summed E-state index contributed by atoms with van der Waals surface area (Å²) in [5, 5.41) is 9.25. The van der Waals surface area contributed by atoms with Crippen molar-refractivity contribution < 1.29 is 32.2 Å². The van der Waals surface area contributed by atoms with Gasteiger partial charge in [-0.1, -0.05) is 11.6 Å². The third kappa shape index (κ3) is 4.95. The number of rotatable bonds is 5. The molecule has 0 aliphatic carbocycles. The van der Waals surface area contributed by atoms with Gasteiger partial charge in [-0.05, 0) is 48.5 Å². The van der Waals surface area contributed by atoms with Crippen LogP contribution in [0, 0.1) is 0 Å². The van der Waals surface area contributed by atoms with Crippen molar-refractivity contribution in [3.05, 3.63) is 69.8 Å². The zero-order valence-electron chi connectivity index (χ0n) is 14.8. The molecule has 29 heavy (non-hydrogen) atoms. The molecule has 0 saturated carbocycles. The summed E-state index contributed by atoms with van der Waals surface area (Å²) in [6.45, 7) is 0. The standard InChI is InChI=1S/C19H13ClO8S/c1-29(24,25)14-8-2-11(3-9-14)17-18(26-13-6-4-12(20)5-7-13)15(21)10-16(27-17)28-19(22)23/h2-10H,1H3,(H,22,23). The van der Waals surface area contributed by atoms with E-state index in [4.69, 9.17) is 25.9 Å². The van der Waals surface area contributed by atoms with Gasteiger partial charge < -0.3 is 19.0 Å². The van der Waals surface area contributed by atoms with Crippen molar-refractivity contribution in [1.82, 2.24) is 0 Å². The van der Waals surface area contributed by atoms with Crippen molar-refractivity contribution >= 4 is 27.6 Å². The van der Waals surface area contributed by atoms with E-state index in [2.05, 4.69) is 4.74 Å². The van der Waals surface area contributed by atoms with E-state index in [0.29, 0.717) is 5.02 Å². The maximum absolute atomic E-state index is 12.5. The number of carbonyl (C=O) groups is 1. The fourth-order valence-electron chi connectivity index (χ4n) is 2.36. The molecule has 10 heteroatoms. The van der Waals surface area contributed by atoms with Crippen molar-refractivity contribution in [1.29, 1.82) is 0 Å². The Balaban J connectivity index is 2.13. The molecule has 0 radical (unpaired) electrons. The molecule has 0 aliphatic rings. The van der Waals surface area contributed by atoms with E-state index in [1.807, 2.05) is 0 Å². The Bertz CT molecular complexity index is 1210. The number of ether oxygens (including phenoxy) is 2. The number of hydrogen-bond acceptors (Lipinski definition) is 7. The molecular formula is C19H13ClO8S. The molecule has 0 fully saturated rings. The van der Waals surface area contributed by atoms with Gasteiger partial charge in [-0.2, -0.15) is 0 Å². The van der Waals surface area contributed by atoms with Crippen LogP contribution in [0.4, 0.5) is 4.79 Å². The Morgan fingerprint density at radius 2 is 1.69 bits per heavy atom. The zero-order valence-corrected chi connectivity index (χ0v) is 16.4. The molecule has 1 heterocycles. The first-order chi connectivity index (χ1) is 13.6. The van der Waals surface area contributed by atoms with Crippen LogP contribution in [-0.2, 0) is 9.84 Å². The van der Waals surface area contributed by atoms with Gasteiger partial charge in [-0.15, -0.1) is 0 Å². The number of sulfone groups is 1. The second kappa shape index (κ2) is 7.98. The summed E-state index contributed by atoms with van der Waals surface area (Å²) in [5.74, 6) is -0.656. The lowest BCUT2D eigenvalue weighted by Gasteiger charge is -2.11. The fourth-order valence-corrected chi connectivity index (χ4v) is 3.11.